The van der Waals surface area contributed by atoms with Gasteiger partial charge in [-0.05, 0) is 91.0 Å². The normalized spacial score (nSPS) is 12.1. The van der Waals surface area contributed by atoms with E-state index in [4.69, 9.17) is 12.8 Å². The van der Waals surface area contributed by atoms with Crippen molar-refractivity contribution in [2.75, 3.05) is 0 Å². The van der Waals surface area contributed by atoms with Crippen LogP contribution in [0.2, 0.25) is 0 Å². The van der Waals surface area contributed by atoms with E-state index in [1.54, 1.807) is 24.3 Å². The van der Waals surface area contributed by atoms with Crippen LogP contribution in [0, 0.1) is 24.7 Å². The fourth-order valence-electron chi connectivity index (χ4n) is 8.98. The molecule has 0 heterocycles. The first-order valence-corrected chi connectivity index (χ1v) is 19.1. The topological polar surface area (TPSA) is 74.6 Å². The highest BCUT2D eigenvalue weighted by molar-refractivity contribution is 6.00. The summed E-state index contributed by atoms with van der Waals surface area (Å²) in [6.07, 6.45) is 13.5. The molecule has 0 aliphatic heterocycles. The van der Waals surface area contributed by atoms with Crippen molar-refractivity contribution in [3.05, 3.63) is 226 Å². The van der Waals surface area contributed by atoms with E-state index >= 15 is 0 Å². The number of hydrogen-bond acceptors (Lipinski definition) is 2. The lowest BCUT2D eigenvalue weighted by molar-refractivity contribution is 0.0686. The number of carboxylic acid groups (broad SMARTS) is 2. The minimum Gasteiger partial charge on any atom is -0.478 e. The third-order valence-electron chi connectivity index (χ3n) is 11.4. The summed E-state index contributed by atoms with van der Waals surface area (Å²) in [5.74, 6) is 4.08. The molecule has 2 N–H and O–H groups in total. The maximum Gasteiger partial charge on any atom is 0.335 e. The smallest absolute Gasteiger partial charge is 0.335 e. The Balaban J connectivity index is 1.51. The zero-order chi connectivity index (χ0) is 40.7. The maximum absolute atomic E-state index is 12.6. The van der Waals surface area contributed by atoms with E-state index in [9.17, 15) is 19.8 Å². The average Bonchev–Trinajstić information content (AvgIpc) is 3.58. The zero-order valence-corrected chi connectivity index (χ0v) is 31.7. The molecule has 1 aliphatic rings. The highest BCUT2D eigenvalue weighted by Gasteiger charge is 2.50. The molecule has 4 heteroatoms. The molecule has 9 rings (SSSR count). The van der Waals surface area contributed by atoms with Crippen LogP contribution in [0.1, 0.15) is 54.1 Å². The van der Waals surface area contributed by atoms with Crippen LogP contribution >= 0.6 is 0 Å². The minimum atomic E-state index is -1.26. The number of rotatable bonds is 8. The van der Waals surface area contributed by atoms with E-state index in [2.05, 4.69) is 60.4 Å². The Morgan fingerprint density at radius 1 is 0.390 bits per heavy atom. The van der Waals surface area contributed by atoms with Gasteiger partial charge < -0.3 is 10.2 Å². The lowest BCUT2D eigenvalue weighted by Crippen LogP contribution is -2.31. The van der Waals surface area contributed by atoms with E-state index < -0.39 is 17.4 Å². The van der Waals surface area contributed by atoms with Crippen molar-refractivity contribution in [3.8, 4) is 80.3 Å². The number of aromatic carboxylic acids is 2. The van der Waals surface area contributed by atoms with Gasteiger partial charge in [-0.3, -0.25) is 0 Å². The molecule has 0 spiro atoms. The number of carboxylic acids is 2. The zero-order valence-electron chi connectivity index (χ0n) is 31.7. The quantitative estimate of drug-likeness (QED) is 0.151. The van der Waals surface area contributed by atoms with Crippen molar-refractivity contribution in [1.82, 2.24) is 0 Å². The van der Waals surface area contributed by atoms with Gasteiger partial charge in [0.1, 0.15) is 0 Å². The number of hydrogen-bond donors (Lipinski definition) is 2. The van der Waals surface area contributed by atoms with Crippen LogP contribution < -0.4 is 0 Å². The minimum absolute atomic E-state index is 0.0642. The third kappa shape index (κ3) is 5.83. The fourth-order valence-corrected chi connectivity index (χ4v) is 8.98. The van der Waals surface area contributed by atoms with Crippen LogP contribution in [0.25, 0.3) is 55.6 Å². The molecule has 0 radical (unpaired) electrons. The van der Waals surface area contributed by atoms with Crippen molar-refractivity contribution in [2.24, 2.45) is 0 Å². The second-order valence-electron chi connectivity index (χ2n) is 14.5. The van der Waals surface area contributed by atoms with Crippen molar-refractivity contribution >= 4 is 11.9 Å². The van der Waals surface area contributed by atoms with Crippen molar-refractivity contribution in [3.63, 3.8) is 0 Å². The van der Waals surface area contributed by atoms with Gasteiger partial charge in [0.25, 0.3) is 0 Å². The molecule has 4 nitrogen and oxygen atoms in total. The van der Waals surface area contributed by atoms with Gasteiger partial charge in [0, 0.05) is 22.3 Å². The summed E-state index contributed by atoms with van der Waals surface area (Å²) >= 11 is 0. The average molecular weight is 759 g/mol. The van der Waals surface area contributed by atoms with Crippen molar-refractivity contribution in [2.45, 2.75) is 5.41 Å². The van der Waals surface area contributed by atoms with Gasteiger partial charge in [0.05, 0.1) is 16.5 Å². The summed E-state index contributed by atoms with van der Waals surface area (Å²) in [6.45, 7) is 0. The van der Waals surface area contributed by atoms with Gasteiger partial charge in [0.15, 0.2) is 0 Å². The molecule has 0 atom stereocenters. The van der Waals surface area contributed by atoms with Gasteiger partial charge in [0.2, 0.25) is 0 Å². The number of carbonyl (C=O) groups is 2. The highest BCUT2D eigenvalue weighted by atomic mass is 16.4. The summed E-state index contributed by atoms with van der Waals surface area (Å²) in [5.41, 5.74) is 11.6. The Morgan fingerprint density at radius 3 is 1.03 bits per heavy atom. The largest absolute Gasteiger partial charge is 0.478 e. The summed E-state index contributed by atoms with van der Waals surface area (Å²) in [6, 6.07) is 58.7. The predicted molar refractivity (Wildman–Crippen MR) is 235 cm³/mol. The van der Waals surface area contributed by atoms with Crippen molar-refractivity contribution < 1.29 is 19.8 Å². The SMILES string of the molecule is C#Cc1c(C2(c3ccc(-c4ccccc4)c(-c4ccccc4)c3C#C)c3ccc(C(=O)O)cc3-c3cc(C(=O)O)ccc32)ccc(-c2ccccc2)c1-c1ccccc1. The molecule has 8 aromatic carbocycles. The molecular formula is C55H34O4. The van der Waals surface area contributed by atoms with Gasteiger partial charge in [-0.15, -0.1) is 12.8 Å². The third-order valence-corrected chi connectivity index (χ3v) is 11.4. The molecule has 1 aliphatic carbocycles. The number of benzene rings is 8. The molecule has 59 heavy (non-hydrogen) atoms. The Morgan fingerprint density at radius 2 is 0.712 bits per heavy atom. The Hall–Kier alpha value is -8.18. The summed E-state index contributed by atoms with van der Waals surface area (Å²) in [5, 5.41) is 20.6. The molecule has 8 aromatic rings. The molecule has 0 unspecified atom stereocenters. The second kappa shape index (κ2) is 14.7. The van der Waals surface area contributed by atoms with E-state index in [1.165, 1.54) is 0 Å². The van der Waals surface area contributed by atoms with E-state index in [0.29, 0.717) is 22.3 Å². The first kappa shape index (κ1) is 36.5. The summed E-state index contributed by atoms with van der Waals surface area (Å²) < 4.78 is 0. The maximum atomic E-state index is 12.6. The summed E-state index contributed by atoms with van der Waals surface area (Å²) in [7, 11) is 0. The standard InChI is InChI=1S/C55H34O4/c1-3-41-47(31-27-43(35-17-9-5-10-18-35)51(41)37-21-13-7-14-22-37)55(49-29-25-39(53(56)57)33-45(49)46-34-40(54(58)59)26-30-50(46)55)48-32-28-44(36-19-11-6-12-20-36)52(42(48)4-2)38-23-15-8-16-24-38/h1-2,5-34H,(H,56,57)(H,58,59). The molecule has 0 bridgehead atoms. The van der Waals surface area contributed by atoms with Gasteiger partial charge in [-0.2, -0.15) is 0 Å². The number of terminal acetylenes is 2. The van der Waals surface area contributed by atoms with E-state index in [0.717, 1.165) is 66.8 Å². The Labute approximate surface area is 342 Å². The molecule has 0 fully saturated rings. The first-order valence-electron chi connectivity index (χ1n) is 19.1. The predicted octanol–water partition coefficient (Wildman–Crippen LogP) is 12.1. The monoisotopic (exact) mass is 758 g/mol. The van der Waals surface area contributed by atoms with Crippen LogP contribution in [0.4, 0.5) is 0 Å². The lowest BCUT2D eigenvalue weighted by atomic mass is 9.63. The molecule has 0 saturated carbocycles. The van der Waals surface area contributed by atoms with Crippen LogP contribution in [-0.2, 0) is 5.41 Å². The molecule has 0 aromatic heterocycles. The Bertz CT molecular complexity index is 2830. The molecule has 278 valence electrons. The van der Waals surface area contributed by atoms with Crippen LogP contribution in [0.3, 0.4) is 0 Å². The summed E-state index contributed by atoms with van der Waals surface area (Å²) in [4.78, 5) is 25.2. The number of fused-ring (bicyclic) bond motifs is 3. The lowest BCUT2D eigenvalue weighted by Gasteiger charge is -2.37. The molecular weight excluding hydrogens is 725 g/mol. The van der Waals surface area contributed by atoms with Gasteiger partial charge in [-0.1, -0.05) is 170 Å². The first-order chi connectivity index (χ1) is 28.9. The van der Waals surface area contributed by atoms with Crippen molar-refractivity contribution in [1.29, 1.82) is 0 Å². The van der Waals surface area contributed by atoms with E-state index in [1.807, 2.05) is 109 Å². The molecule has 0 saturated heterocycles. The van der Waals surface area contributed by atoms with Crippen LogP contribution in [0.5, 0.6) is 0 Å². The van der Waals surface area contributed by atoms with Crippen LogP contribution in [-0.4, -0.2) is 22.2 Å². The fraction of sp³-hybridized carbons (Fsp3) is 0.0182. The Kier molecular flexibility index (Phi) is 9.09. The van der Waals surface area contributed by atoms with Crippen LogP contribution in [0.15, 0.2) is 182 Å². The second-order valence-corrected chi connectivity index (χ2v) is 14.5. The molecule has 0 amide bonds. The highest BCUT2D eigenvalue weighted by Crippen LogP contribution is 2.60. The van der Waals surface area contributed by atoms with Gasteiger partial charge in [-0.25, -0.2) is 9.59 Å². The van der Waals surface area contributed by atoms with E-state index in [-0.39, 0.29) is 11.1 Å². The van der Waals surface area contributed by atoms with Gasteiger partial charge >= 0.3 is 11.9 Å².